The normalized spacial score (nSPS) is 18.9. The number of carbonyl (C=O) groups is 9. The van der Waals surface area contributed by atoms with Gasteiger partial charge in [-0.15, -0.1) is 11.8 Å². The predicted octanol–water partition coefficient (Wildman–Crippen LogP) is 10.9. The van der Waals surface area contributed by atoms with Crippen molar-refractivity contribution in [1.29, 1.82) is 0 Å². The number of carbonyl (C=O) groups excluding carboxylic acids is 8. The fraction of sp³-hybridized carbons (Fsp3) is 0.797. The number of thiocarbonyl (C=S) groups is 1. The lowest BCUT2D eigenvalue weighted by Crippen LogP contribution is -2.64. The number of unbranched alkanes of at least 4 members (excludes halogenated alkanes) is 4. The summed E-state index contributed by atoms with van der Waals surface area (Å²) in [6.45, 7) is 25.3. The Labute approximate surface area is 686 Å². The molecule has 1 saturated heterocycles. The molecule has 112 heavy (non-hydrogen) atoms. The first-order chi connectivity index (χ1) is 53.2. The Kier molecular flexibility index (Phi) is 52.5. The van der Waals surface area contributed by atoms with Crippen molar-refractivity contribution in [2.24, 2.45) is 21.7 Å². The third-order valence-electron chi connectivity index (χ3n) is 19.0. The highest BCUT2D eigenvalue weighted by Crippen LogP contribution is 2.55. The third kappa shape index (κ3) is 40.6. The van der Waals surface area contributed by atoms with Gasteiger partial charge >= 0.3 is 29.8 Å². The van der Waals surface area contributed by atoms with E-state index in [4.69, 9.17) is 70.9 Å². The van der Waals surface area contributed by atoms with Crippen LogP contribution in [0.3, 0.4) is 0 Å². The van der Waals surface area contributed by atoms with Crippen molar-refractivity contribution in [1.82, 2.24) is 15.2 Å². The van der Waals surface area contributed by atoms with Gasteiger partial charge in [-0.05, 0) is 135 Å². The van der Waals surface area contributed by atoms with Crippen LogP contribution in [0.4, 0.5) is 0 Å². The van der Waals surface area contributed by atoms with Crippen molar-refractivity contribution in [2.75, 3.05) is 138 Å². The maximum Gasteiger partial charge on any atom is 0.322 e. The minimum absolute atomic E-state index is 0.0132. The number of aliphatic hydroxyl groups excluding tert-OH is 3. The van der Waals surface area contributed by atoms with E-state index in [0.29, 0.717) is 99.2 Å². The Morgan fingerprint density at radius 2 is 1.17 bits per heavy atom. The highest BCUT2D eigenvalue weighted by molar-refractivity contribution is 8.76. The van der Waals surface area contributed by atoms with E-state index >= 15 is 9.59 Å². The molecular weight excluding hydrogens is 1550 g/mol. The zero-order chi connectivity index (χ0) is 83.7. The zero-order valence-corrected chi connectivity index (χ0v) is 72.4. The number of nitrogens with one attached hydrogen (secondary N) is 1. The standard InChI is InChI=1S/C79H130N4O24S5/c1-14-17-39-103-71(95)76(7,56-79(33-15-2,68(91)92)57-78(9,111-73(108)109-16-3)72(96)106-50-51-110-112-63-29-21-22-35-81-63)54-74(5,69(93)104-43-36-83(11)12)53-75(6,70(94)105-49-44-97-13)55-77(8,80-10)34-30-59(86)27-24-37-98-45-48-101-42-32-61(88)28-25-38-99-46-47-100-41-31-60(87)26-20-18-19-23-40-102-67-64(82-58(4)85)66(90)65(89)62(52-84)107-67/h21-22,29,35,62,64-67,84,89-90H,14-20,23-28,30-34,36-57H2,1-9,11-13H3,(H,82,85)(H,91,92)/t62-,64-,65+,66-,67-,74?,75?,76?,77?,78?,79?/m1/s1. The summed E-state index contributed by atoms with van der Waals surface area (Å²) in [5, 5.41) is 45.1. The number of amides is 1. The van der Waals surface area contributed by atoms with Gasteiger partial charge in [0, 0.05) is 111 Å². The molecule has 1 aliphatic heterocycles. The van der Waals surface area contributed by atoms with Gasteiger partial charge in [0.05, 0.1) is 81.1 Å². The molecule has 0 spiro atoms. The number of hydrogen-bond acceptors (Lipinski definition) is 30. The molecule has 1 aromatic rings. The number of carboxylic acid groups (broad SMARTS) is 1. The molecule has 0 saturated carbocycles. The molecule has 28 nitrogen and oxygen atoms in total. The number of thioether (sulfide) groups is 2. The highest BCUT2D eigenvalue weighted by Gasteiger charge is 2.59. The molecule has 1 aromatic heterocycles. The number of aliphatic carboxylic acids is 1. The van der Waals surface area contributed by atoms with Gasteiger partial charge < -0.3 is 87.6 Å². The van der Waals surface area contributed by atoms with Gasteiger partial charge in [-0.25, -0.2) is 11.6 Å². The molecule has 640 valence electrons. The quantitative estimate of drug-likeness (QED) is 0.0101. The molecule has 6 unspecified atom stereocenters. The fourth-order valence-electron chi connectivity index (χ4n) is 13.5. The van der Waals surface area contributed by atoms with E-state index in [1.807, 2.05) is 36.9 Å². The van der Waals surface area contributed by atoms with E-state index in [1.165, 1.54) is 47.4 Å². The lowest BCUT2D eigenvalue weighted by atomic mass is 9.58. The lowest BCUT2D eigenvalue weighted by molar-refractivity contribution is -0.270. The Balaban J connectivity index is 2.06. The second-order valence-corrected chi connectivity index (χ2v) is 36.4. The number of aromatic nitrogens is 1. The van der Waals surface area contributed by atoms with E-state index in [1.54, 1.807) is 61.8 Å². The van der Waals surface area contributed by atoms with Crippen molar-refractivity contribution < 1.29 is 116 Å². The summed E-state index contributed by atoms with van der Waals surface area (Å²) >= 11 is 8.15. The van der Waals surface area contributed by atoms with Gasteiger partial charge in [-0.2, -0.15) is 0 Å². The second kappa shape index (κ2) is 56.8. The number of hydrogen-bond donors (Lipinski definition) is 5. The van der Waals surface area contributed by atoms with Crippen molar-refractivity contribution in [2.45, 2.75) is 250 Å². The topological polar surface area (TPSA) is 369 Å². The highest BCUT2D eigenvalue weighted by atomic mass is 33.1. The van der Waals surface area contributed by atoms with E-state index in [0.717, 1.165) is 29.6 Å². The maximum absolute atomic E-state index is 15.2. The molecule has 33 heteroatoms. The Morgan fingerprint density at radius 3 is 1.71 bits per heavy atom. The first-order valence-electron chi connectivity index (χ1n) is 39.1. The molecule has 1 amide bonds. The molecule has 0 radical (unpaired) electrons. The van der Waals surface area contributed by atoms with Gasteiger partial charge in [0.1, 0.15) is 74.8 Å². The number of nitrogens with zero attached hydrogens (tertiary/aromatic N) is 3. The molecule has 1 aliphatic rings. The smallest absolute Gasteiger partial charge is 0.322 e. The van der Waals surface area contributed by atoms with Gasteiger partial charge in [-0.3, -0.25) is 43.2 Å². The summed E-state index contributed by atoms with van der Waals surface area (Å²) in [6, 6.07) is 4.54. The minimum Gasteiger partial charge on any atom is -0.481 e. The third-order valence-corrected chi connectivity index (χ3v) is 23.9. The molecule has 5 N–H and O–H groups in total. The van der Waals surface area contributed by atoms with Crippen molar-refractivity contribution in [3.8, 4) is 0 Å². The van der Waals surface area contributed by atoms with Gasteiger partial charge in [0.15, 0.2) is 6.29 Å². The molecule has 2 rings (SSSR count). The predicted molar refractivity (Wildman–Crippen MR) is 435 cm³/mol. The van der Waals surface area contributed by atoms with E-state index < -0.39 is 118 Å². The SMILES string of the molecule is [C-]#[N+]C(C)(CCC(=O)CCCOCCOCCC(=O)CCCOCCOCCC(=O)CCCCCCO[C@@H]1O[C@H](CO)[C@H](O)[C@H](O)[C@H]1NC(C)=O)CC(C)(CC(C)(CC(C)(CC(CCC)(CC(C)(SC(=S)SCC)C(=O)OCCSSc1ccccn1)C(=O)O)C(=O)OCCCC)C(=O)OCCN(C)C)C(=O)OCCOC. The van der Waals surface area contributed by atoms with Gasteiger partial charge in [0.2, 0.25) is 11.4 Å². The average Bonchev–Trinajstić information content (AvgIpc) is 0.748. The van der Waals surface area contributed by atoms with Crippen LogP contribution < -0.4 is 5.32 Å². The average molecular weight is 1680 g/mol. The molecule has 0 bridgehead atoms. The summed E-state index contributed by atoms with van der Waals surface area (Å²) < 4.78 is 61.8. The monoisotopic (exact) mass is 1680 g/mol. The minimum atomic E-state index is -1.87. The Hall–Kier alpha value is -4.48. The number of rotatable bonds is 66. The molecule has 2 heterocycles. The molecule has 0 aromatic carbocycles. The number of methoxy groups -OCH3 is 1. The number of pyridine rings is 1. The molecular formula is C79H130N4O24S5. The summed E-state index contributed by atoms with van der Waals surface area (Å²) in [5.41, 5.74) is -8.63. The lowest BCUT2D eigenvalue weighted by Gasteiger charge is -2.45. The van der Waals surface area contributed by atoms with Crippen LogP contribution in [-0.4, -0.2) is 266 Å². The Bertz CT molecular complexity index is 3020. The van der Waals surface area contributed by atoms with E-state index in [-0.39, 0.29) is 148 Å². The van der Waals surface area contributed by atoms with E-state index in [9.17, 15) is 54.0 Å². The number of carboxylic acids is 1. The van der Waals surface area contributed by atoms with Gasteiger partial charge in [-0.1, -0.05) is 87.3 Å². The first kappa shape index (κ1) is 104. The molecule has 1 fully saturated rings. The van der Waals surface area contributed by atoms with Crippen LogP contribution in [-0.2, 0) is 95.3 Å². The number of esters is 4. The van der Waals surface area contributed by atoms with Crippen LogP contribution in [0.25, 0.3) is 4.85 Å². The summed E-state index contributed by atoms with van der Waals surface area (Å²) in [4.78, 5) is 135. The molecule has 0 aliphatic carbocycles. The van der Waals surface area contributed by atoms with Crippen molar-refractivity contribution >= 4 is 114 Å². The van der Waals surface area contributed by atoms with Crippen molar-refractivity contribution in [3.05, 3.63) is 35.8 Å². The van der Waals surface area contributed by atoms with Crippen LogP contribution in [0.5, 0.6) is 0 Å². The number of likely N-dealkylation sites (N-methyl/N-ethyl adjacent to an activating group) is 1. The maximum atomic E-state index is 15.2. The van der Waals surface area contributed by atoms with Crippen LogP contribution in [0.2, 0.25) is 0 Å². The Morgan fingerprint density at radius 1 is 0.616 bits per heavy atom. The first-order valence-corrected chi connectivity index (χ1v) is 43.6. The van der Waals surface area contributed by atoms with Crippen LogP contribution >= 0.6 is 57.3 Å². The van der Waals surface area contributed by atoms with E-state index in [2.05, 4.69) is 15.1 Å². The number of ketones is 3. The molecule has 11 atom stereocenters. The van der Waals surface area contributed by atoms with Crippen LogP contribution in [0.1, 0.15) is 204 Å². The fourth-order valence-corrected chi connectivity index (χ4v) is 18.4. The zero-order valence-electron chi connectivity index (χ0n) is 68.3. The number of ether oxygens (including phenoxy) is 11. The van der Waals surface area contributed by atoms with Crippen molar-refractivity contribution in [3.63, 3.8) is 0 Å². The number of Topliss-reactive ketones (excluding diaryl/α,β-unsaturated/α-hetero) is 3. The van der Waals surface area contributed by atoms with Gasteiger partial charge in [0.25, 0.3) is 0 Å². The van der Waals surface area contributed by atoms with Crippen LogP contribution in [0.15, 0.2) is 29.4 Å². The second-order valence-electron chi connectivity index (χ2n) is 30.0. The number of aliphatic hydroxyl groups is 3. The largest absolute Gasteiger partial charge is 0.481 e. The summed E-state index contributed by atoms with van der Waals surface area (Å²) in [7, 11) is 7.88. The summed E-state index contributed by atoms with van der Waals surface area (Å²) in [6.07, 6.45) is 1.55. The summed E-state index contributed by atoms with van der Waals surface area (Å²) in [5.74, 6) is -3.89. The van der Waals surface area contributed by atoms with Crippen LogP contribution in [0, 0.1) is 28.2 Å².